The van der Waals surface area contributed by atoms with Crippen LogP contribution in [-0.4, -0.2) is 6.54 Å². The van der Waals surface area contributed by atoms with E-state index in [-0.39, 0.29) is 6.04 Å². The highest BCUT2D eigenvalue weighted by molar-refractivity contribution is 14.1. The summed E-state index contributed by atoms with van der Waals surface area (Å²) in [5.74, 6) is 0. The van der Waals surface area contributed by atoms with Gasteiger partial charge in [-0.05, 0) is 75.3 Å². The number of fused-ring (bicyclic) bond motifs is 1. The summed E-state index contributed by atoms with van der Waals surface area (Å²) in [5, 5.41) is 7.97. The maximum Gasteiger partial charge on any atom is 0.0602 e. The summed E-state index contributed by atoms with van der Waals surface area (Å²) in [6.07, 6.45) is 0. The predicted octanol–water partition coefficient (Wildman–Crippen LogP) is 5.86. The third-order valence-electron chi connectivity index (χ3n) is 3.50. The molecule has 21 heavy (non-hydrogen) atoms. The number of halogens is 2. The molecular weight excluding hydrogens is 413 g/mol. The quantitative estimate of drug-likeness (QED) is 0.514. The fourth-order valence-electron chi connectivity index (χ4n) is 2.55. The van der Waals surface area contributed by atoms with E-state index in [1.807, 2.05) is 6.07 Å². The molecule has 0 bridgehead atoms. The number of nitrogens with one attached hydrogen (secondary N) is 1. The van der Waals surface area contributed by atoms with Crippen molar-refractivity contribution in [3.63, 3.8) is 0 Å². The highest BCUT2D eigenvalue weighted by atomic mass is 127. The normalized spacial score (nSPS) is 12.7. The van der Waals surface area contributed by atoms with Crippen LogP contribution in [0, 0.1) is 3.57 Å². The highest BCUT2D eigenvalue weighted by Crippen LogP contribution is 2.35. The summed E-state index contributed by atoms with van der Waals surface area (Å²) in [6, 6.07) is 14.8. The topological polar surface area (TPSA) is 12.0 Å². The van der Waals surface area contributed by atoms with Crippen molar-refractivity contribution in [2.75, 3.05) is 6.54 Å². The fourth-order valence-corrected chi connectivity index (χ4v) is 4.36. The van der Waals surface area contributed by atoms with E-state index in [9.17, 15) is 0 Å². The Morgan fingerprint density at radius 2 is 2.00 bits per heavy atom. The van der Waals surface area contributed by atoms with E-state index in [4.69, 9.17) is 11.6 Å². The van der Waals surface area contributed by atoms with Gasteiger partial charge in [0.1, 0.15) is 0 Å². The Morgan fingerprint density at radius 1 is 1.19 bits per heavy atom. The molecule has 0 saturated heterocycles. The second kappa shape index (κ2) is 6.65. The monoisotopic (exact) mass is 427 g/mol. The van der Waals surface area contributed by atoms with Crippen molar-refractivity contribution < 1.29 is 0 Å². The van der Waals surface area contributed by atoms with Gasteiger partial charge in [-0.3, -0.25) is 0 Å². The molecular formula is C17H15ClINS. The van der Waals surface area contributed by atoms with Crippen LogP contribution in [0.2, 0.25) is 5.02 Å². The molecule has 4 heteroatoms. The number of rotatable bonds is 4. The molecule has 0 aliphatic heterocycles. The van der Waals surface area contributed by atoms with Crippen LogP contribution in [0.3, 0.4) is 0 Å². The Hall–Kier alpha value is -0.620. The molecule has 0 fully saturated rings. The molecule has 108 valence electrons. The molecule has 1 nitrogen and oxygen atoms in total. The van der Waals surface area contributed by atoms with E-state index < -0.39 is 0 Å². The van der Waals surface area contributed by atoms with E-state index in [2.05, 4.69) is 76.6 Å². The van der Waals surface area contributed by atoms with Crippen molar-refractivity contribution in [1.29, 1.82) is 0 Å². The van der Waals surface area contributed by atoms with Crippen LogP contribution in [0.25, 0.3) is 10.1 Å². The van der Waals surface area contributed by atoms with Gasteiger partial charge in [0.05, 0.1) is 6.04 Å². The Balaban J connectivity index is 2.15. The lowest BCUT2D eigenvalue weighted by Crippen LogP contribution is -2.22. The van der Waals surface area contributed by atoms with Crippen molar-refractivity contribution in [2.45, 2.75) is 13.0 Å². The molecule has 0 radical (unpaired) electrons. The Labute approximate surface area is 147 Å². The van der Waals surface area contributed by atoms with Crippen molar-refractivity contribution in [2.24, 2.45) is 0 Å². The third kappa shape index (κ3) is 3.11. The minimum Gasteiger partial charge on any atom is -0.306 e. The fraction of sp³-hybridized carbons (Fsp3) is 0.176. The first-order valence-corrected chi connectivity index (χ1v) is 9.18. The second-order valence-corrected chi connectivity index (χ2v) is 7.35. The molecule has 0 aliphatic carbocycles. The first kappa shape index (κ1) is 15.3. The van der Waals surface area contributed by atoms with E-state index in [0.29, 0.717) is 0 Å². The second-order valence-electron chi connectivity index (χ2n) is 4.84. The van der Waals surface area contributed by atoms with Crippen LogP contribution in [-0.2, 0) is 0 Å². The van der Waals surface area contributed by atoms with E-state index >= 15 is 0 Å². The Kier molecular flexibility index (Phi) is 4.84. The average molecular weight is 428 g/mol. The van der Waals surface area contributed by atoms with Crippen LogP contribution in [0.1, 0.15) is 24.1 Å². The van der Waals surface area contributed by atoms with Crippen LogP contribution in [0.5, 0.6) is 0 Å². The molecule has 1 atom stereocenters. The van der Waals surface area contributed by atoms with Gasteiger partial charge in [0.2, 0.25) is 0 Å². The van der Waals surface area contributed by atoms with Gasteiger partial charge in [-0.25, -0.2) is 0 Å². The largest absolute Gasteiger partial charge is 0.306 e. The summed E-state index contributed by atoms with van der Waals surface area (Å²) < 4.78 is 2.56. The molecule has 2 aromatic carbocycles. The molecule has 0 spiro atoms. The Morgan fingerprint density at radius 3 is 2.81 bits per heavy atom. The molecule has 0 saturated carbocycles. The minimum absolute atomic E-state index is 0.178. The van der Waals surface area contributed by atoms with Gasteiger partial charge in [0, 0.05) is 13.3 Å². The van der Waals surface area contributed by atoms with Gasteiger partial charge in [0.25, 0.3) is 0 Å². The van der Waals surface area contributed by atoms with Crippen molar-refractivity contribution in [3.8, 4) is 0 Å². The SMILES string of the molecule is CCNC(c1cc(Cl)ccc1I)c1csc2ccccc12. The summed E-state index contributed by atoms with van der Waals surface area (Å²) >= 11 is 10.4. The zero-order chi connectivity index (χ0) is 14.8. The predicted molar refractivity (Wildman–Crippen MR) is 102 cm³/mol. The number of hydrogen-bond donors (Lipinski definition) is 1. The van der Waals surface area contributed by atoms with Gasteiger partial charge in [0.15, 0.2) is 0 Å². The molecule has 1 unspecified atom stereocenters. The van der Waals surface area contributed by atoms with E-state index in [0.717, 1.165) is 11.6 Å². The molecule has 0 aliphatic rings. The zero-order valence-electron chi connectivity index (χ0n) is 11.6. The van der Waals surface area contributed by atoms with Gasteiger partial charge in [-0.1, -0.05) is 36.7 Å². The lowest BCUT2D eigenvalue weighted by atomic mass is 9.98. The Bertz CT molecular complexity index is 768. The lowest BCUT2D eigenvalue weighted by molar-refractivity contribution is 0.633. The van der Waals surface area contributed by atoms with Crippen LogP contribution < -0.4 is 5.32 Å². The van der Waals surface area contributed by atoms with Gasteiger partial charge >= 0.3 is 0 Å². The molecule has 1 N–H and O–H groups in total. The standard InChI is InChI=1S/C17H15ClINS/c1-2-20-17(13-9-11(18)7-8-15(13)19)14-10-21-16-6-4-3-5-12(14)16/h3-10,17,20H,2H2,1H3. The molecule has 3 aromatic rings. The summed E-state index contributed by atoms with van der Waals surface area (Å²) in [7, 11) is 0. The molecule has 0 amide bonds. The van der Waals surface area contributed by atoms with E-state index in [1.165, 1.54) is 24.8 Å². The van der Waals surface area contributed by atoms with Crippen LogP contribution in [0.15, 0.2) is 47.8 Å². The number of benzene rings is 2. The number of thiophene rings is 1. The van der Waals surface area contributed by atoms with Crippen molar-refractivity contribution >= 4 is 55.6 Å². The number of hydrogen-bond acceptors (Lipinski definition) is 2. The first-order chi connectivity index (χ1) is 10.2. The zero-order valence-corrected chi connectivity index (χ0v) is 15.3. The first-order valence-electron chi connectivity index (χ1n) is 6.85. The molecule has 1 heterocycles. The minimum atomic E-state index is 0.178. The van der Waals surface area contributed by atoms with Gasteiger partial charge < -0.3 is 5.32 Å². The van der Waals surface area contributed by atoms with Crippen LogP contribution >= 0.6 is 45.5 Å². The summed E-state index contributed by atoms with van der Waals surface area (Å²) in [4.78, 5) is 0. The average Bonchev–Trinajstić information content (AvgIpc) is 2.91. The van der Waals surface area contributed by atoms with Crippen LogP contribution in [0.4, 0.5) is 0 Å². The summed E-state index contributed by atoms with van der Waals surface area (Å²) in [5.41, 5.74) is 2.58. The van der Waals surface area contributed by atoms with Crippen molar-refractivity contribution in [1.82, 2.24) is 5.32 Å². The van der Waals surface area contributed by atoms with E-state index in [1.54, 1.807) is 11.3 Å². The lowest BCUT2D eigenvalue weighted by Gasteiger charge is -2.20. The smallest absolute Gasteiger partial charge is 0.0602 e. The highest BCUT2D eigenvalue weighted by Gasteiger charge is 2.19. The molecule has 1 aromatic heterocycles. The third-order valence-corrected chi connectivity index (χ3v) is 5.70. The molecule has 3 rings (SSSR count). The maximum atomic E-state index is 6.21. The van der Waals surface area contributed by atoms with Gasteiger partial charge in [-0.2, -0.15) is 0 Å². The van der Waals surface area contributed by atoms with Crippen molar-refractivity contribution in [3.05, 3.63) is 67.6 Å². The summed E-state index contributed by atoms with van der Waals surface area (Å²) in [6.45, 7) is 3.05. The van der Waals surface area contributed by atoms with Gasteiger partial charge in [-0.15, -0.1) is 11.3 Å². The maximum absolute atomic E-state index is 6.21.